The van der Waals surface area contributed by atoms with Crippen molar-refractivity contribution < 1.29 is 13.2 Å². The van der Waals surface area contributed by atoms with Crippen molar-refractivity contribution in [3.8, 4) is 0 Å². The summed E-state index contributed by atoms with van der Waals surface area (Å²) < 4.78 is 30.9. The monoisotopic (exact) mass is 250 g/mol. The predicted octanol–water partition coefficient (Wildman–Crippen LogP) is 0.0349. The lowest BCUT2D eigenvalue weighted by Crippen LogP contribution is -2.46. The third-order valence-corrected chi connectivity index (χ3v) is 5.61. The van der Waals surface area contributed by atoms with Crippen LogP contribution in [-0.2, 0) is 14.8 Å². The third-order valence-electron chi connectivity index (χ3n) is 3.14. The van der Waals surface area contributed by atoms with Gasteiger partial charge in [0.2, 0.25) is 10.0 Å². The molecule has 1 heterocycles. The van der Waals surface area contributed by atoms with Crippen LogP contribution in [0.1, 0.15) is 19.8 Å². The first-order valence-electron chi connectivity index (χ1n) is 5.66. The Hall–Kier alpha value is -0.170. The number of nitrogens with zero attached hydrogens (tertiary/aromatic N) is 1. The predicted molar refractivity (Wildman–Crippen MR) is 63.9 cm³/mol. The number of sulfonamides is 1. The molecule has 16 heavy (non-hydrogen) atoms. The number of methoxy groups -OCH3 is 1. The van der Waals surface area contributed by atoms with Gasteiger partial charge in [0.05, 0.1) is 11.9 Å². The molecular weight excluding hydrogens is 228 g/mol. The normalized spacial score (nSPS) is 21.2. The van der Waals surface area contributed by atoms with E-state index in [0.717, 1.165) is 13.1 Å². The number of likely N-dealkylation sites (N-methyl/N-ethyl adjacent to an activating group) is 1. The van der Waals surface area contributed by atoms with E-state index in [1.165, 1.54) is 4.31 Å². The molecule has 1 rings (SSSR count). The highest BCUT2D eigenvalue weighted by atomic mass is 32.2. The van der Waals surface area contributed by atoms with Crippen LogP contribution in [0.15, 0.2) is 0 Å². The smallest absolute Gasteiger partial charge is 0.217 e. The highest BCUT2D eigenvalue weighted by Crippen LogP contribution is 2.18. The number of ether oxygens (including phenoxy) is 1. The molecule has 5 nitrogen and oxygen atoms in total. The van der Waals surface area contributed by atoms with Gasteiger partial charge in [0.1, 0.15) is 0 Å². The minimum atomic E-state index is -3.17. The van der Waals surface area contributed by atoms with E-state index in [1.807, 2.05) is 6.92 Å². The topological polar surface area (TPSA) is 58.6 Å². The third kappa shape index (κ3) is 3.16. The zero-order valence-electron chi connectivity index (χ0n) is 10.3. The van der Waals surface area contributed by atoms with Crippen LogP contribution in [0.3, 0.4) is 0 Å². The van der Waals surface area contributed by atoms with Gasteiger partial charge in [0.15, 0.2) is 0 Å². The molecule has 96 valence electrons. The van der Waals surface area contributed by atoms with Crippen molar-refractivity contribution in [1.82, 2.24) is 9.62 Å². The molecule has 0 aliphatic carbocycles. The average molecular weight is 250 g/mol. The van der Waals surface area contributed by atoms with E-state index < -0.39 is 10.0 Å². The molecular formula is C10H22N2O3S. The van der Waals surface area contributed by atoms with Crippen molar-refractivity contribution in [2.75, 3.05) is 33.9 Å². The SMILES string of the molecule is COCC(C)N(C)S(=O)(=O)C1CCNCC1. The summed E-state index contributed by atoms with van der Waals surface area (Å²) >= 11 is 0. The Morgan fingerprint density at radius 1 is 1.44 bits per heavy atom. The molecule has 6 heteroatoms. The second-order valence-electron chi connectivity index (χ2n) is 4.31. The van der Waals surface area contributed by atoms with Gasteiger partial charge in [0.25, 0.3) is 0 Å². The van der Waals surface area contributed by atoms with Crippen LogP contribution in [0.25, 0.3) is 0 Å². The van der Waals surface area contributed by atoms with Crippen molar-refractivity contribution in [3.63, 3.8) is 0 Å². The van der Waals surface area contributed by atoms with Gasteiger partial charge in [-0.1, -0.05) is 0 Å². The molecule has 1 saturated heterocycles. The summed E-state index contributed by atoms with van der Waals surface area (Å²) in [6.45, 7) is 3.87. The maximum atomic E-state index is 12.2. The number of rotatable bonds is 5. The van der Waals surface area contributed by atoms with Crippen LogP contribution >= 0.6 is 0 Å². The van der Waals surface area contributed by atoms with Gasteiger partial charge in [-0.05, 0) is 32.9 Å². The molecule has 0 aromatic heterocycles. The molecule has 1 unspecified atom stereocenters. The summed E-state index contributed by atoms with van der Waals surface area (Å²) in [6.07, 6.45) is 1.40. The van der Waals surface area contributed by atoms with E-state index in [4.69, 9.17) is 4.74 Å². The summed E-state index contributed by atoms with van der Waals surface area (Å²) in [7, 11) is 0.0546. The Morgan fingerprint density at radius 3 is 2.50 bits per heavy atom. The Balaban J connectivity index is 2.67. The molecule has 0 saturated carbocycles. The maximum absolute atomic E-state index is 12.2. The molecule has 1 fully saturated rings. The van der Waals surface area contributed by atoms with Crippen LogP contribution in [0.5, 0.6) is 0 Å². The molecule has 0 amide bonds. The summed E-state index contributed by atoms with van der Waals surface area (Å²) in [5, 5.41) is 2.93. The molecule has 0 aromatic rings. The fourth-order valence-corrected chi connectivity index (χ4v) is 3.79. The van der Waals surface area contributed by atoms with Crippen LogP contribution in [0, 0.1) is 0 Å². The van der Waals surface area contributed by atoms with Gasteiger partial charge < -0.3 is 10.1 Å². The van der Waals surface area contributed by atoms with Crippen LogP contribution in [0.2, 0.25) is 0 Å². The van der Waals surface area contributed by atoms with Crippen LogP contribution < -0.4 is 5.32 Å². The van der Waals surface area contributed by atoms with Crippen LogP contribution in [-0.4, -0.2) is 57.9 Å². The quantitative estimate of drug-likeness (QED) is 0.748. The number of hydrogen-bond acceptors (Lipinski definition) is 4. The molecule has 0 radical (unpaired) electrons. The number of nitrogens with one attached hydrogen (secondary N) is 1. The Kier molecular flexibility index (Phi) is 5.17. The first-order valence-corrected chi connectivity index (χ1v) is 7.17. The lowest BCUT2D eigenvalue weighted by Gasteiger charge is -2.30. The first kappa shape index (κ1) is 13.9. The van der Waals surface area contributed by atoms with E-state index in [-0.39, 0.29) is 11.3 Å². The van der Waals surface area contributed by atoms with E-state index in [1.54, 1.807) is 14.2 Å². The second-order valence-corrected chi connectivity index (χ2v) is 6.59. The molecule has 1 atom stereocenters. The van der Waals surface area contributed by atoms with Crippen molar-refractivity contribution in [2.24, 2.45) is 0 Å². The van der Waals surface area contributed by atoms with Gasteiger partial charge in [-0.25, -0.2) is 8.42 Å². The van der Waals surface area contributed by atoms with Crippen molar-refractivity contribution >= 4 is 10.0 Å². The van der Waals surface area contributed by atoms with Crippen LogP contribution in [0.4, 0.5) is 0 Å². The lowest BCUT2D eigenvalue weighted by atomic mass is 10.2. The standard InChI is InChI=1S/C10H22N2O3S/c1-9(8-15-3)12(2)16(13,14)10-4-6-11-7-5-10/h9-11H,4-8H2,1-3H3. The van der Waals surface area contributed by atoms with Gasteiger partial charge in [-0.2, -0.15) is 4.31 Å². The maximum Gasteiger partial charge on any atom is 0.217 e. The summed E-state index contributed by atoms with van der Waals surface area (Å²) in [5.74, 6) is 0. The van der Waals surface area contributed by atoms with E-state index >= 15 is 0 Å². The highest BCUT2D eigenvalue weighted by Gasteiger charge is 2.33. The Bertz CT molecular complexity index is 299. The second kappa shape index (κ2) is 5.95. The Labute approximate surface area is 98.2 Å². The fraction of sp³-hybridized carbons (Fsp3) is 1.00. The highest BCUT2D eigenvalue weighted by molar-refractivity contribution is 7.89. The van der Waals surface area contributed by atoms with Crippen molar-refractivity contribution in [2.45, 2.75) is 31.1 Å². The van der Waals surface area contributed by atoms with E-state index in [2.05, 4.69) is 5.32 Å². The van der Waals surface area contributed by atoms with Gasteiger partial charge in [0, 0.05) is 20.2 Å². The van der Waals surface area contributed by atoms with E-state index in [9.17, 15) is 8.42 Å². The average Bonchev–Trinajstić information content (AvgIpc) is 2.29. The fourth-order valence-electron chi connectivity index (χ4n) is 1.93. The van der Waals surface area contributed by atoms with E-state index in [0.29, 0.717) is 19.4 Å². The molecule has 1 aliphatic heterocycles. The Morgan fingerprint density at radius 2 is 2.00 bits per heavy atom. The van der Waals surface area contributed by atoms with Crippen molar-refractivity contribution in [1.29, 1.82) is 0 Å². The largest absolute Gasteiger partial charge is 0.383 e. The zero-order chi connectivity index (χ0) is 12.2. The molecule has 0 bridgehead atoms. The molecule has 1 N–H and O–H groups in total. The summed E-state index contributed by atoms with van der Waals surface area (Å²) in [5.41, 5.74) is 0. The molecule has 1 aliphatic rings. The van der Waals surface area contributed by atoms with Crippen molar-refractivity contribution in [3.05, 3.63) is 0 Å². The molecule has 0 spiro atoms. The van der Waals surface area contributed by atoms with Gasteiger partial charge in [-0.3, -0.25) is 0 Å². The zero-order valence-corrected chi connectivity index (χ0v) is 11.1. The first-order chi connectivity index (χ1) is 7.50. The van der Waals surface area contributed by atoms with Gasteiger partial charge >= 0.3 is 0 Å². The lowest BCUT2D eigenvalue weighted by molar-refractivity contribution is 0.148. The van der Waals surface area contributed by atoms with Gasteiger partial charge in [-0.15, -0.1) is 0 Å². The minimum Gasteiger partial charge on any atom is -0.383 e. The number of hydrogen-bond donors (Lipinski definition) is 1. The number of piperidine rings is 1. The minimum absolute atomic E-state index is 0.107. The summed E-state index contributed by atoms with van der Waals surface area (Å²) in [6, 6.07) is -0.107. The summed E-state index contributed by atoms with van der Waals surface area (Å²) in [4.78, 5) is 0. The molecule has 0 aromatic carbocycles.